The first kappa shape index (κ1) is 27.9. The molecule has 0 aliphatic heterocycles. The van der Waals surface area contributed by atoms with E-state index < -0.39 is 45.8 Å². The van der Waals surface area contributed by atoms with Crippen molar-refractivity contribution in [1.82, 2.24) is 10.2 Å². The van der Waals surface area contributed by atoms with Gasteiger partial charge in [-0.2, -0.15) is 0 Å². The van der Waals surface area contributed by atoms with Crippen molar-refractivity contribution in [2.24, 2.45) is 0 Å². The second-order valence-electron chi connectivity index (χ2n) is 8.87. The van der Waals surface area contributed by atoms with E-state index in [4.69, 9.17) is 23.2 Å². The summed E-state index contributed by atoms with van der Waals surface area (Å²) in [6.45, 7) is 5.94. The number of halogens is 3. The largest absolute Gasteiger partial charge is 0.350 e. The highest BCUT2D eigenvalue weighted by molar-refractivity contribution is 7.92. The molecule has 7 nitrogen and oxygen atoms in total. The molecule has 11 heteroatoms. The summed E-state index contributed by atoms with van der Waals surface area (Å²) < 4.78 is 40.3. The molecule has 34 heavy (non-hydrogen) atoms. The lowest BCUT2D eigenvalue weighted by Crippen LogP contribution is -2.54. The number of benzene rings is 2. The van der Waals surface area contributed by atoms with Crippen molar-refractivity contribution in [3.05, 3.63) is 63.9 Å². The van der Waals surface area contributed by atoms with E-state index in [1.165, 1.54) is 43.3 Å². The number of rotatable bonds is 8. The maximum absolute atomic E-state index is 14.4. The standard InChI is InChI=1S/C23H28Cl2FN3O4S/c1-15(22(31)27-23(2,3)4)28(13-16-9-6-7-11-18(16)26)20(30)14-29(34(5,32)33)19-12-8-10-17(24)21(19)25/h6-12,15H,13-14H2,1-5H3,(H,27,31)/t15-/m1/s1. The van der Waals surface area contributed by atoms with Gasteiger partial charge in [0, 0.05) is 17.6 Å². The minimum Gasteiger partial charge on any atom is -0.350 e. The third kappa shape index (κ3) is 7.32. The van der Waals surface area contributed by atoms with Gasteiger partial charge in [-0.25, -0.2) is 12.8 Å². The Labute approximate surface area is 209 Å². The van der Waals surface area contributed by atoms with Crippen LogP contribution < -0.4 is 9.62 Å². The van der Waals surface area contributed by atoms with Crippen molar-refractivity contribution in [1.29, 1.82) is 0 Å². The molecule has 0 spiro atoms. The number of nitrogens with zero attached hydrogens (tertiary/aromatic N) is 2. The summed E-state index contributed by atoms with van der Waals surface area (Å²) in [5.41, 5.74) is -0.383. The van der Waals surface area contributed by atoms with Crippen molar-refractivity contribution >= 4 is 50.7 Å². The fourth-order valence-electron chi connectivity index (χ4n) is 3.15. The fourth-order valence-corrected chi connectivity index (χ4v) is 4.45. The quantitative estimate of drug-likeness (QED) is 0.552. The van der Waals surface area contributed by atoms with Gasteiger partial charge in [0.2, 0.25) is 21.8 Å². The lowest BCUT2D eigenvalue weighted by atomic mass is 10.1. The van der Waals surface area contributed by atoms with Gasteiger partial charge < -0.3 is 10.2 Å². The highest BCUT2D eigenvalue weighted by Gasteiger charge is 2.32. The molecule has 0 fully saturated rings. The molecule has 0 bridgehead atoms. The molecule has 1 N–H and O–H groups in total. The van der Waals surface area contributed by atoms with Crippen LogP contribution in [0.4, 0.5) is 10.1 Å². The van der Waals surface area contributed by atoms with E-state index in [9.17, 15) is 22.4 Å². The molecule has 0 heterocycles. The lowest BCUT2D eigenvalue weighted by Gasteiger charge is -2.33. The molecule has 2 aromatic rings. The first-order valence-corrected chi connectivity index (χ1v) is 13.0. The smallest absolute Gasteiger partial charge is 0.244 e. The SMILES string of the molecule is C[C@H](C(=O)NC(C)(C)C)N(Cc1ccccc1F)C(=O)CN(c1cccc(Cl)c1Cl)S(C)(=O)=O. The number of nitrogens with one attached hydrogen (secondary N) is 1. The average molecular weight is 532 g/mol. The van der Waals surface area contributed by atoms with E-state index >= 15 is 0 Å². The van der Waals surface area contributed by atoms with Crippen LogP contribution in [0.25, 0.3) is 0 Å². The minimum absolute atomic E-state index is 0.0163. The van der Waals surface area contributed by atoms with Crippen molar-refractivity contribution in [2.75, 3.05) is 17.1 Å². The zero-order valence-corrected chi connectivity index (χ0v) is 21.9. The second kappa shape index (κ2) is 10.9. The molecule has 0 aromatic heterocycles. The highest BCUT2D eigenvalue weighted by Crippen LogP contribution is 2.33. The fraction of sp³-hybridized carbons (Fsp3) is 0.391. The Balaban J connectivity index is 2.47. The van der Waals surface area contributed by atoms with E-state index in [-0.39, 0.29) is 27.8 Å². The average Bonchev–Trinajstić information content (AvgIpc) is 2.71. The van der Waals surface area contributed by atoms with Crippen LogP contribution in [0.3, 0.4) is 0 Å². The summed E-state index contributed by atoms with van der Waals surface area (Å²) in [7, 11) is -3.97. The molecule has 0 saturated heterocycles. The van der Waals surface area contributed by atoms with Crippen molar-refractivity contribution < 1.29 is 22.4 Å². The Morgan fingerprint density at radius 2 is 1.71 bits per heavy atom. The van der Waals surface area contributed by atoms with Crippen molar-refractivity contribution in [3.8, 4) is 0 Å². The van der Waals surface area contributed by atoms with E-state index in [2.05, 4.69) is 5.32 Å². The van der Waals surface area contributed by atoms with E-state index in [0.29, 0.717) is 0 Å². The number of hydrogen-bond donors (Lipinski definition) is 1. The van der Waals surface area contributed by atoms with Gasteiger partial charge in [-0.05, 0) is 45.9 Å². The molecule has 2 rings (SSSR count). The molecule has 0 aliphatic carbocycles. The maximum Gasteiger partial charge on any atom is 0.244 e. The van der Waals surface area contributed by atoms with Crippen LogP contribution in [0, 0.1) is 5.82 Å². The summed E-state index contributed by atoms with van der Waals surface area (Å²) in [4.78, 5) is 27.4. The Bertz CT molecular complexity index is 1170. The monoisotopic (exact) mass is 531 g/mol. The van der Waals surface area contributed by atoms with E-state index in [1.807, 2.05) is 0 Å². The van der Waals surface area contributed by atoms with Gasteiger partial charge in [0.15, 0.2) is 0 Å². The molecular weight excluding hydrogens is 504 g/mol. The normalized spacial score (nSPS) is 12.7. The molecule has 2 aromatic carbocycles. The second-order valence-corrected chi connectivity index (χ2v) is 11.6. The lowest BCUT2D eigenvalue weighted by molar-refractivity contribution is -0.140. The first-order valence-electron chi connectivity index (χ1n) is 10.4. The molecule has 186 valence electrons. The van der Waals surface area contributed by atoms with Gasteiger partial charge in [0.25, 0.3) is 0 Å². The third-order valence-electron chi connectivity index (χ3n) is 4.84. The summed E-state index contributed by atoms with van der Waals surface area (Å²) in [5.74, 6) is -1.74. The molecule has 0 saturated carbocycles. The van der Waals surface area contributed by atoms with Crippen molar-refractivity contribution in [2.45, 2.75) is 45.8 Å². The van der Waals surface area contributed by atoms with Gasteiger partial charge >= 0.3 is 0 Å². The van der Waals surface area contributed by atoms with Crippen LogP contribution in [0.15, 0.2) is 42.5 Å². The number of sulfonamides is 1. The Morgan fingerprint density at radius 1 is 1.09 bits per heavy atom. The topological polar surface area (TPSA) is 86.8 Å². The molecule has 0 unspecified atom stereocenters. The van der Waals surface area contributed by atoms with Crippen LogP contribution in [0.1, 0.15) is 33.3 Å². The Hall–Kier alpha value is -2.36. The van der Waals surface area contributed by atoms with Gasteiger partial charge in [-0.1, -0.05) is 47.5 Å². The Morgan fingerprint density at radius 3 is 2.26 bits per heavy atom. The van der Waals surface area contributed by atoms with Crippen LogP contribution in [-0.2, 0) is 26.2 Å². The van der Waals surface area contributed by atoms with Crippen LogP contribution in [0.2, 0.25) is 10.0 Å². The highest BCUT2D eigenvalue weighted by atomic mass is 35.5. The molecular formula is C23H28Cl2FN3O4S. The number of anilines is 1. The summed E-state index contributed by atoms with van der Waals surface area (Å²) in [6, 6.07) is 9.23. The molecule has 2 amide bonds. The zero-order valence-electron chi connectivity index (χ0n) is 19.6. The third-order valence-corrected chi connectivity index (χ3v) is 6.78. The first-order chi connectivity index (χ1) is 15.6. The van der Waals surface area contributed by atoms with E-state index in [1.54, 1.807) is 26.8 Å². The molecule has 0 radical (unpaired) electrons. The van der Waals surface area contributed by atoms with Crippen LogP contribution in [-0.4, -0.2) is 49.5 Å². The Kier molecular flexibility index (Phi) is 8.96. The van der Waals surface area contributed by atoms with E-state index in [0.717, 1.165) is 15.5 Å². The zero-order chi connectivity index (χ0) is 25.8. The van der Waals surface area contributed by atoms with Gasteiger partial charge in [-0.3, -0.25) is 13.9 Å². The predicted octanol–water partition coefficient (Wildman–Crippen LogP) is 4.23. The number of carbonyl (C=O) groups is 2. The van der Waals surface area contributed by atoms with Gasteiger partial charge in [0.1, 0.15) is 18.4 Å². The number of amides is 2. The number of carbonyl (C=O) groups excluding carboxylic acids is 2. The summed E-state index contributed by atoms with van der Waals surface area (Å²) >= 11 is 12.3. The van der Waals surface area contributed by atoms with Gasteiger partial charge in [0.05, 0.1) is 22.0 Å². The molecule has 0 aliphatic rings. The summed E-state index contributed by atoms with van der Waals surface area (Å²) in [5, 5.41) is 2.86. The predicted molar refractivity (Wildman–Crippen MR) is 133 cm³/mol. The summed E-state index contributed by atoms with van der Waals surface area (Å²) in [6.07, 6.45) is 0.925. The van der Waals surface area contributed by atoms with Gasteiger partial charge in [-0.15, -0.1) is 0 Å². The van der Waals surface area contributed by atoms with Crippen LogP contribution in [0.5, 0.6) is 0 Å². The maximum atomic E-state index is 14.4. The van der Waals surface area contributed by atoms with Crippen LogP contribution >= 0.6 is 23.2 Å². The molecule has 1 atom stereocenters. The van der Waals surface area contributed by atoms with Crippen molar-refractivity contribution in [3.63, 3.8) is 0 Å². The minimum atomic E-state index is -3.97. The number of hydrogen-bond acceptors (Lipinski definition) is 4.